The van der Waals surface area contributed by atoms with Crippen molar-refractivity contribution >= 4 is 6.72 Å². The Morgan fingerprint density at radius 1 is 1.08 bits per heavy atom. The van der Waals surface area contributed by atoms with Crippen LogP contribution in [0.2, 0.25) is 0 Å². The highest BCUT2D eigenvalue weighted by Gasteiger charge is 2.40. The normalized spacial score (nSPS) is 26.8. The van der Waals surface area contributed by atoms with Crippen molar-refractivity contribution < 1.29 is 0 Å². The van der Waals surface area contributed by atoms with Gasteiger partial charge in [0.2, 0.25) is 0 Å². The molecule has 1 aliphatic heterocycles. The quantitative estimate of drug-likeness (QED) is 0.550. The average molecular weight is 168 g/mol. The minimum absolute atomic E-state index is 0.184. The summed E-state index contributed by atoms with van der Waals surface area (Å²) >= 11 is 0. The second kappa shape index (κ2) is 2.75. The Labute approximate surface area is 75.6 Å². The second-order valence-corrected chi connectivity index (χ2v) is 4.93. The number of hydrogen-bond donors (Lipinski definition) is 0. The van der Waals surface area contributed by atoms with E-state index in [0.717, 1.165) is 0 Å². The van der Waals surface area contributed by atoms with Crippen LogP contribution in [0.15, 0.2) is 5.10 Å². The molecule has 1 aliphatic rings. The van der Waals surface area contributed by atoms with Crippen molar-refractivity contribution in [1.29, 1.82) is 0 Å². The van der Waals surface area contributed by atoms with E-state index in [2.05, 4.69) is 44.5 Å². The van der Waals surface area contributed by atoms with Crippen molar-refractivity contribution in [2.75, 3.05) is 0 Å². The number of rotatable bonds is 1. The van der Waals surface area contributed by atoms with E-state index >= 15 is 0 Å². The van der Waals surface area contributed by atoms with Gasteiger partial charge in [0, 0.05) is 6.72 Å². The molecule has 0 N–H and O–H groups in total. The first kappa shape index (κ1) is 9.56. The summed E-state index contributed by atoms with van der Waals surface area (Å²) in [6, 6.07) is 0. The van der Waals surface area contributed by atoms with Gasteiger partial charge in [-0.25, -0.2) is 0 Å². The van der Waals surface area contributed by atoms with E-state index in [1.165, 1.54) is 19.3 Å². The lowest BCUT2D eigenvalue weighted by molar-refractivity contribution is -0.0236. The van der Waals surface area contributed by atoms with Crippen LogP contribution in [0.5, 0.6) is 0 Å². The standard InChI is InChI=1S/C10H20N2/c1-9(2)7-6-8-10(3,4)12(9)11-5/h5-8H2,1-4H3. The summed E-state index contributed by atoms with van der Waals surface area (Å²) in [5.41, 5.74) is 0.368. The van der Waals surface area contributed by atoms with Crippen LogP contribution in [0.1, 0.15) is 47.0 Å². The third-order valence-electron chi connectivity index (χ3n) is 2.87. The Balaban J connectivity index is 2.88. The summed E-state index contributed by atoms with van der Waals surface area (Å²) in [7, 11) is 0. The number of piperidine rings is 1. The van der Waals surface area contributed by atoms with Crippen molar-refractivity contribution in [2.24, 2.45) is 5.10 Å². The van der Waals surface area contributed by atoms with Crippen LogP contribution in [0, 0.1) is 0 Å². The predicted octanol–water partition coefficient (Wildman–Crippen LogP) is 2.65. The molecule has 1 heterocycles. The zero-order valence-electron chi connectivity index (χ0n) is 8.72. The highest BCUT2D eigenvalue weighted by molar-refractivity contribution is 5.23. The Bertz CT molecular complexity index is 166. The first-order valence-corrected chi connectivity index (χ1v) is 4.67. The minimum atomic E-state index is 0.184. The van der Waals surface area contributed by atoms with Gasteiger partial charge in [-0.2, -0.15) is 5.10 Å². The van der Waals surface area contributed by atoms with Crippen LogP contribution in [0.25, 0.3) is 0 Å². The fourth-order valence-corrected chi connectivity index (χ4v) is 2.37. The Morgan fingerprint density at radius 2 is 1.50 bits per heavy atom. The molecule has 0 radical (unpaired) electrons. The predicted molar refractivity (Wildman–Crippen MR) is 53.4 cm³/mol. The molecule has 1 fully saturated rings. The van der Waals surface area contributed by atoms with Crippen LogP contribution in [-0.4, -0.2) is 22.8 Å². The van der Waals surface area contributed by atoms with E-state index in [4.69, 9.17) is 0 Å². The Hall–Kier alpha value is -0.530. The van der Waals surface area contributed by atoms with Crippen LogP contribution >= 0.6 is 0 Å². The van der Waals surface area contributed by atoms with Crippen LogP contribution in [0.3, 0.4) is 0 Å². The monoisotopic (exact) mass is 168 g/mol. The SMILES string of the molecule is C=NN1C(C)(C)CCCC1(C)C. The minimum Gasteiger partial charge on any atom is -0.287 e. The maximum atomic E-state index is 4.14. The maximum Gasteiger partial charge on any atom is 0.0529 e. The molecule has 2 heteroatoms. The van der Waals surface area contributed by atoms with E-state index in [0.29, 0.717) is 0 Å². The van der Waals surface area contributed by atoms with Crippen LogP contribution in [0.4, 0.5) is 0 Å². The summed E-state index contributed by atoms with van der Waals surface area (Å²) in [6.45, 7) is 12.6. The first-order valence-electron chi connectivity index (χ1n) is 4.67. The van der Waals surface area contributed by atoms with Gasteiger partial charge in [-0.1, -0.05) is 0 Å². The van der Waals surface area contributed by atoms with Crippen molar-refractivity contribution in [3.05, 3.63) is 0 Å². The summed E-state index contributed by atoms with van der Waals surface area (Å²) in [5, 5.41) is 6.29. The molecule has 0 spiro atoms. The van der Waals surface area contributed by atoms with Gasteiger partial charge >= 0.3 is 0 Å². The fraction of sp³-hybridized carbons (Fsp3) is 0.900. The third-order valence-corrected chi connectivity index (χ3v) is 2.87. The number of nitrogens with zero attached hydrogens (tertiary/aromatic N) is 2. The van der Waals surface area contributed by atoms with E-state index in [9.17, 15) is 0 Å². The average Bonchev–Trinajstić information content (AvgIpc) is 1.83. The zero-order chi connectivity index (χ0) is 9.41. The highest BCUT2D eigenvalue weighted by Crippen LogP contribution is 2.37. The molecule has 12 heavy (non-hydrogen) atoms. The van der Waals surface area contributed by atoms with Crippen molar-refractivity contribution in [2.45, 2.75) is 58.0 Å². The lowest BCUT2D eigenvalue weighted by Gasteiger charge is -2.50. The van der Waals surface area contributed by atoms with Crippen LogP contribution < -0.4 is 0 Å². The number of hydrogen-bond acceptors (Lipinski definition) is 2. The zero-order valence-corrected chi connectivity index (χ0v) is 8.72. The molecule has 0 aliphatic carbocycles. The summed E-state index contributed by atoms with van der Waals surface area (Å²) in [5.74, 6) is 0. The van der Waals surface area contributed by atoms with E-state index in [-0.39, 0.29) is 11.1 Å². The van der Waals surface area contributed by atoms with E-state index in [1.807, 2.05) is 0 Å². The molecule has 0 aromatic heterocycles. The van der Waals surface area contributed by atoms with Gasteiger partial charge in [0.15, 0.2) is 0 Å². The third kappa shape index (κ3) is 1.47. The smallest absolute Gasteiger partial charge is 0.0529 e. The topological polar surface area (TPSA) is 15.6 Å². The van der Waals surface area contributed by atoms with Gasteiger partial charge < -0.3 is 0 Å². The first-order chi connectivity index (χ1) is 5.40. The second-order valence-electron chi connectivity index (χ2n) is 4.93. The van der Waals surface area contributed by atoms with Crippen LogP contribution in [-0.2, 0) is 0 Å². The lowest BCUT2D eigenvalue weighted by atomic mass is 9.82. The van der Waals surface area contributed by atoms with Crippen molar-refractivity contribution in [1.82, 2.24) is 5.01 Å². The molecule has 0 bridgehead atoms. The Kier molecular flexibility index (Phi) is 2.19. The molecule has 1 rings (SSSR count). The summed E-state index contributed by atoms with van der Waals surface area (Å²) < 4.78 is 0. The highest BCUT2D eigenvalue weighted by atomic mass is 15.5. The number of hydrazone groups is 1. The molecule has 70 valence electrons. The van der Waals surface area contributed by atoms with Crippen molar-refractivity contribution in [3.8, 4) is 0 Å². The largest absolute Gasteiger partial charge is 0.287 e. The lowest BCUT2D eigenvalue weighted by Crippen LogP contribution is -2.55. The molecular formula is C10H20N2. The molecule has 0 unspecified atom stereocenters. The van der Waals surface area contributed by atoms with Gasteiger partial charge in [0.05, 0.1) is 11.1 Å². The molecule has 0 aromatic rings. The van der Waals surface area contributed by atoms with E-state index < -0.39 is 0 Å². The summed E-state index contributed by atoms with van der Waals surface area (Å²) in [6.07, 6.45) is 3.73. The Morgan fingerprint density at radius 3 is 1.75 bits per heavy atom. The van der Waals surface area contributed by atoms with Gasteiger partial charge in [0.1, 0.15) is 0 Å². The molecular weight excluding hydrogens is 148 g/mol. The summed E-state index contributed by atoms with van der Waals surface area (Å²) in [4.78, 5) is 0. The molecule has 0 aromatic carbocycles. The van der Waals surface area contributed by atoms with Gasteiger partial charge in [-0.05, 0) is 47.0 Å². The maximum absolute atomic E-state index is 4.14. The van der Waals surface area contributed by atoms with Crippen molar-refractivity contribution in [3.63, 3.8) is 0 Å². The van der Waals surface area contributed by atoms with E-state index in [1.54, 1.807) is 0 Å². The van der Waals surface area contributed by atoms with Gasteiger partial charge in [-0.15, -0.1) is 0 Å². The molecule has 1 saturated heterocycles. The molecule has 0 saturated carbocycles. The fourth-order valence-electron chi connectivity index (χ4n) is 2.37. The van der Waals surface area contributed by atoms with Gasteiger partial charge in [-0.3, -0.25) is 5.01 Å². The molecule has 2 nitrogen and oxygen atoms in total. The van der Waals surface area contributed by atoms with Gasteiger partial charge in [0.25, 0.3) is 0 Å². The molecule has 0 amide bonds. The molecule has 0 atom stereocenters.